The third kappa shape index (κ3) is 9.19. The first-order chi connectivity index (χ1) is 7.07. The number of thioether (sulfide) groups is 1. The lowest BCUT2D eigenvalue weighted by molar-refractivity contribution is 0.529. The van der Waals surface area contributed by atoms with Gasteiger partial charge >= 0.3 is 0 Å². The van der Waals surface area contributed by atoms with E-state index >= 15 is 0 Å². The molecule has 0 rings (SSSR count). The number of nitrogens with two attached hydrogens (primary N) is 1. The maximum atomic E-state index is 5.58. The zero-order valence-electron chi connectivity index (χ0n) is 10.3. The molecule has 0 aliphatic heterocycles. The summed E-state index contributed by atoms with van der Waals surface area (Å²) in [6.07, 6.45) is 7.99. The summed E-state index contributed by atoms with van der Waals surface area (Å²) in [5.74, 6) is 0.669. The van der Waals surface area contributed by atoms with Crippen molar-refractivity contribution in [1.82, 2.24) is 0 Å². The molecular weight excluding hydrogens is 222 g/mol. The molecule has 0 heterocycles. The molecule has 2 N–H and O–H groups in total. The van der Waals surface area contributed by atoms with Gasteiger partial charge in [0.05, 0.1) is 0 Å². The average Bonchev–Trinajstić information content (AvgIpc) is 2.15. The molecular formula is C12H25NS2. The van der Waals surface area contributed by atoms with Crippen LogP contribution in [0.15, 0.2) is 0 Å². The van der Waals surface area contributed by atoms with E-state index in [4.69, 9.17) is 18.0 Å². The molecule has 1 atom stereocenters. The number of hydrogen-bond donors (Lipinski definition) is 1. The van der Waals surface area contributed by atoms with Crippen LogP contribution in [0.2, 0.25) is 0 Å². The summed E-state index contributed by atoms with van der Waals surface area (Å²) in [4.78, 5) is 0. The molecule has 0 saturated carbocycles. The van der Waals surface area contributed by atoms with Crippen molar-refractivity contribution in [3.05, 3.63) is 0 Å². The van der Waals surface area contributed by atoms with Crippen LogP contribution in [-0.4, -0.2) is 9.57 Å². The van der Waals surface area contributed by atoms with Gasteiger partial charge in [0, 0.05) is 5.25 Å². The molecule has 1 unspecified atom stereocenters. The number of rotatable bonds is 8. The van der Waals surface area contributed by atoms with Gasteiger partial charge in [0.25, 0.3) is 0 Å². The molecule has 3 heteroatoms. The van der Waals surface area contributed by atoms with E-state index in [1.807, 2.05) is 0 Å². The first-order valence-corrected chi connectivity index (χ1v) is 7.32. The Morgan fingerprint density at radius 1 is 1.20 bits per heavy atom. The van der Waals surface area contributed by atoms with Crippen molar-refractivity contribution in [2.24, 2.45) is 11.7 Å². The minimum absolute atomic E-state index is 0.599. The molecule has 0 aliphatic carbocycles. The molecule has 0 radical (unpaired) electrons. The van der Waals surface area contributed by atoms with Crippen LogP contribution in [0.3, 0.4) is 0 Å². The fourth-order valence-electron chi connectivity index (χ4n) is 1.63. The molecule has 0 spiro atoms. The highest BCUT2D eigenvalue weighted by atomic mass is 32.2. The third-order valence-corrected chi connectivity index (χ3v) is 4.21. The number of hydrogen-bond acceptors (Lipinski definition) is 2. The van der Waals surface area contributed by atoms with E-state index in [1.54, 1.807) is 11.8 Å². The highest BCUT2D eigenvalue weighted by Gasteiger charge is 2.14. The molecule has 0 aromatic heterocycles. The van der Waals surface area contributed by atoms with Crippen LogP contribution in [-0.2, 0) is 0 Å². The van der Waals surface area contributed by atoms with Gasteiger partial charge in [-0.1, -0.05) is 76.9 Å². The van der Waals surface area contributed by atoms with Gasteiger partial charge in [-0.05, 0) is 12.3 Å². The lowest BCUT2D eigenvalue weighted by Crippen LogP contribution is -2.17. The maximum Gasteiger partial charge on any atom is 0.131 e. The number of unbranched alkanes of at least 4 members (excludes halogenated alkanes) is 4. The van der Waals surface area contributed by atoms with E-state index in [0.717, 1.165) is 0 Å². The summed E-state index contributed by atoms with van der Waals surface area (Å²) < 4.78 is 0.599. The van der Waals surface area contributed by atoms with E-state index in [-0.39, 0.29) is 0 Å². The number of thiocarbonyl (C=S) groups is 1. The zero-order valence-corrected chi connectivity index (χ0v) is 11.9. The second kappa shape index (κ2) is 9.46. The molecule has 1 nitrogen and oxygen atoms in total. The van der Waals surface area contributed by atoms with Gasteiger partial charge < -0.3 is 5.73 Å². The molecule has 0 saturated heterocycles. The zero-order chi connectivity index (χ0) is 11.7. The third-order valence-electron chi connectivity index (χ3n) is 2.60. The van der Waals surface area contributed by atoms with E-state index in [1.165, 1.54) is 38.5 Å². The summed E-state index contributed by atoms with van der Waals surface area (Å²) in [5.41, 5.74) is 5.58. The molecule has 0 amide bonds. The van der Waals surface area contributed by atoms with E-state index < -0.39 is 0 Å². The fraction of sp³-hybridized carbons (Fsp3) is 0.917. The van der Waals surface area contributed by atoms with E-state index in [0.29, 0.717) is 15.5 Å². The van der Waals surface area contributed by atoms with Crippen molar-refractivity contribution in [3.8, 4) is 0 Å². The van der Waals surface area contributed by atoms with Gasteiger partial charge in [-0.3, -0.25) is 0 Å². The SMILES string of the molecule is CCCCCCCC(SC(N)=S)C(C)C. The van der Waals surface area contributed by atoms with Crippen LogP contribution in [0.1, 0.15) is 59.3 Å². The maximum absolute atomic E-state index is 5.58. The second-order valence-electron chi connectivity index (χ2n) is 4.42. The summed E-state index contributed by atoms with van der Waals surface area (Å²) in [6.45, 7) is 6.75. The smallest absolute Gasteiger partial charge is 0.131 e. The highest BCUT2D eigenvalue weighted by molar-refractivity contribution is 8.23. The van der Waals surface area contributed by atoms with Crippen LogP contribution in [0.5, 0.6) is 0 Å². The molecule has 0 fully saturated rings. The van der Waals surface area contributed by atoms with Gasteiger partial charge in [-0.25, -0.2) is 0 Å². The van der Waals surface area contributed by atoms with Crippen LogP contribution in [0.4, 0.5) is 0 Å². The Morgan fingerprint density at radius 2 is 1.80 bits per heavy atom. The van der Waals surface area contributed by atoms with E-state index in [2.05, 4.69) is 20.8 Å². The van der Waals surface area contributed by atoms with Crippen molar-refractivity contribution in [1.29, 1.82) is 0 Å². The van der Waals surface area contributed by atoms with Gasteiger partial charge in [-0.2, -0.15) is 0 Å². The second-order valence-corrected chi connectivity index (χ2v) is 6.40. The molecule has 0 bridgehead atoms. The quantitative estimate of drug-likeness (QED) is 0.510. The van der Waals surface area contributed by atoms with Crippen LogP contribution >= 0.6 is 24.0 Å². The lowest BCUT2D eigenvalue weighted by Gasteiger charge is -2.19. The van der Waals surface area contributed by atoms with E-state index in [9.17, 15) is 0 Å². The van der Waals surface area contributed by atoms with Crippen molar-refractivity contribution >= 4 is 28.3 Å². The Bertz CT molecular complexity index is 169. The molecule has 15 heavy (non-hydrogen) atoms. The van der Waals surface area contributed by atoms with Gasteiger partial charge in [0.15, 0.2) is 0 Å². The van der Waals surface area contributed by atoms with Crippen LogP contribution in [0, 0.1) is 5.92 Å². The molecule has 90 valence electrons. The standard InChI is InChI=1S/C12H25NS2/c1-4-5-6-7-8-9-11(10(2)3)15-12(13)14/h10-11H,4-9H2,1-3H3,(H2,13,14). The van der Waals surface area contributed by atoms with Crippen molar-refractivity contribution in [3.63, 3.8) is 0 Å². The first-order valence-electron chi connectivity index (χ1n) is 6.04. The largest absolute Gasteiger partial charge is 0.385 e. The Hall–Kier alpha value is 0.240. The van der Waals surface area contributed by atoms with Crippen LogP contribution < -0.4 is 5.73 Å². The molecule has 0 aliphatic rings. The normalized spacial score (nSPS) is 13.1. The Morgan fingerprint density at radius 3 is 2.27 bits per heavy atom. The monoisotopic (exact) mass is 247 g/mol. The van der Waals surface area contributed by atoms with Crippen molar-refractivity contribution in [2.45, 2.75) is 64.5 Å². The van der Waals surface area contributed by atoms with Crippen LogP contribution in [0.25, 0.3) is 0 Å². The predicted octanol–water partition coefficient (Wildman–Crippen LogP) is 4.35. The Kier molecular flexibility index (Phi) is 9.62. The fourth-order valence-corrected chi connectivity index (χ4v) is 2.85. The molecule has 0 aromatic rings. The summed E-state index contributed by atoms with van der Waals surface area (Å²) >= 11 is 6.63. The molecule has 0 aromatic carbocycles. The minimum atomic E-state index is 0.599. The van der Waals surface area contributed by atoms with Gasteiger partial charge in [-0.15, -0.1) is 0 Å². The Labute approximate surface area is 105 Å². The predicted molar refractivity (Wildman–Crippen MR) is 76.4 cm³/mol. The summed E-state index contributed by atoms with van der Waals surface area (Å²) in [7, 11) is 0. The summed E-state index contributed by atoms with van der Waals surface area (Å²) in [5, 5.41) is 0.615. The topological polar surface area (TPSA) is 26.0 Å². The highest BCUT2D eigenvalue weighted by Crippen LogP contribution is 2.25. The van der Waals surface area contributed by atoms with Crippen molar-refractivity contribution in [2.75, 3.05) is 0 Å². The van der Waals surface area contributed by atoms with Gasteiger partial charge in [0.2, 0.25) is 0 Å². The summed E-state index contributed by atoms with van der Waals surface area (Å²) in [6, 6.07) is 0. The van der Waals surface area contributed by atoms with Gasteiger partial charge in [0.1, 0.15) is 4.32 Å². The lowest BCUT2D eigenvalue weighted by atomic mass is 10.0. The average molecular weight is 247 g/mol. The first kappa shape index (κ1) is 15.2. The van der Waals surface area contributed by atoms with Crippen molar-refractivity contribution < 1.29 is 0 Å². The minimum Gasteiger partial charge on any atom is -0.385 e. The Balaban J connectivity index is 3.62.